The van der Waals surface area contributed by atoms with Crippen LogP contribution in [-0.2, 0) is 6.54 Å². The summed E-state index contributed by atoms with van der Waals surface area (Å²) in [6.07, 6.45) is 1.62. The van der Waals surface area contributed by atoms with Crippen LogP contribution in [0.2, 0.25) is 0 Å². The lowest BCUT2D eigenvalue weighted by atomic mass is 10.2. The van der Waals surface area contributed by atoms with Gasteiger partial charge in [-0.2, -0.15) is 0 Å². The molecule has 0 aromatic carbocycles. The lowest BCUT2D eigenvalue weighted by Crippen LogP contribution is -2.45. The average molecular weight is 224 g/mol. The number of piperazine rings is 1. The Bertz CT molecular complexity index is 361. The minimum absolute atomic E-state index is 0.217. The molecule has 0 spiro atoms. The molecule has 1 fully saturated rings. The van der Waals surface area contributed by atoms with Crippen molar-refractivity contribution in [2.45, 2.75) is 6.54 Å². The van der Waals surface area contributed by atoms with Gasteiger partial charge in [0.2, 0.25) is 0 Å². The third-order valence-corrected chi connectivity index (χ3v) is 2.97. The van der Waals surface area contributed by atoms with Crippen LogP contribution in [0.4, 0.5) is 10.2 Å². The molecule has 1 saturated heterocycles. The van der Waals surface area contributed by atoms with E-state index in [2.05, 4.69) is 16.9 Å². The van der Waals surface area contributed by atoms with Crippen molar-refractivity contribution in [2.75, 3.05) is 38.1 Å². The minimum Gasteiger partial charge on any atom is -0.352 e. The molecule has 0 radical (unpaired) electrons. The number of anilines is 1. The molecule has 2 N–H and O–H groups in total. The van der Waals surface area contributed by atoms with Gasteiger partial charge in [0.15, 0.2) is 11.6 Å². The zero-order valence-electron chi connectivity index (χ0n) is 9.49. The van der Waals surface area contributed by atoms with E-state index in [4.69, 9.17) is 5.73 Å². The number of nitrogens with two attached hydrogens (primary N) is 1. The van der Waals surface area contributed by atoms with E-state index in [0.717, 1.165) is 26.2 Å². The number of likely N-dealkylation sites (N-methyl/N-ethyl adjacent to an activating group) is 1. The highest BCUT2D eigenvalue weighted by Gasteiger charge is 2.19. The first-order valence-electron chi connectivity index (χ1n) is 5.49. The van der Waals surface area contributed by atoms with Gasteiger partial charge in [-0.3, -0.25) is 0 Å². The molecular weight excluding hydrogens is 207 g/mol. The monoisotopic (exact) mass is 224 g/mol. The Kier molecular flexibility index (Phi) is 3.36. The van der Waals surface area contributed by atoms with Crippen LogP contribution in [0.3, 0.4) is 0 Å². The van der Waals surface area contributed by atoms with Crippen LogP contribution in [0.5, 0.6) is 0 Å². The summed E-state index contributed by atoms with van der Waals surface area (Å²) in [5.41, 5.74) is 6.01. The molecule has 0 bridgehead atoms. The highest BCUT2D eigenvalue weighted by atomic mass is 19.1. The van der Waals surface area contributed by atoms with Gasteiger partial charge < -0.3 is 15.5 Å². The zero-order valence-corrected chi connectivity index (χ0v) is 9.49. The Hall–Kier alpha value is -1.20. The fraction of sp³-hybridized carbons (Fsp3) is 0.545. The summed E-state index contributed by atoms with van der Waals surface area (Å²) < 4.78 is 14.0. The summed E-state index contributed by atoms with van der Waals surface area (Å²) in [6.45, 7) is 3.72. The highest BCUT2D eigenvalue weighted by Crippen LogP contribution is 2.20. The quantitative estimate of drug-likeness (QED) is 0.791. The second-order valence-corrected chi connectivity index (χ2v) is 4.10. The topological polar surface area (TPSA) is 45.4 Å². The molecule has 1 aliphatic heterocycles. The van der Waals surface area contributed by atoms with Crippen molar-refractivity contribution in [3.8, 4) is 0 Å². The number of hydrogen-bond donors (Lipinski definition) is 1. The van der Waals surface area contributed by atoms with Crippen LogP contribution in [0.15, 0.2) is 12.3 Å². The maximum Gasteiger partial charge on any atom is 0.170 e. The van der Waals surface area contributed by atoms with E-state index < -0.39 is 0 Å². The second-order valence-electron chi connectivity index (χ2n) is 4.10. The molecule has 2 heterocycles. The van der Waals surface area contributed by atoms with Crippen LogP contribution in [0, 0.1) is 5.82 Å². The first-order chi connectivity index (χ1) is 7.72. The Morgan fingerprint density at radius 2 is 2.06 bits per heavy atom. The van der Waals surface area contributed by atoms with Gasteiger partial charge in [0.25, 0.3) is 0 Å². The van der Waals surface area contributed by atoms with E-state index in [9.17, 15) is 4.39 Å². The summed E-state index contributed by atoms with van der Waals surface area (Å²) in [5, 5.41) is 0. The molecule has 1 aromatic rings. The van der Waals surface area contributed by atoms with Gasteiger partial charge in [0.05, 0.1) is 0 Å². The normalized spacial score (nSPS) is 17.8. The minimum atomic E-state index is -0.269. The van der Waals surface area contributed by atoms with E-state index >= 15 is 0 Å². The third-order valence-electron chi connectivity index (χ3n) is 2.97. The van der Waals surface area contributed by atoms with Crippen LogP contribution in [0.25, 0.3) is 0 Å². The fourth-order valence-corrected chi connectivity index (χ4v) is 1.87. The Balaban J connectivity index is 2.20. The van der Waals surface area contributed by atoms with Gasteiger partial charge >= 0.3 is 0 Å². The van der Waals surface area contributed by atoms with Crippen molar-refractivity contribution in [1.29, 1.82) is 0 Å². The first kappa shape index (κ1) is 11.3. The molecule has 1 aliphatic rings. The molecule has 5 heteroatoms. The molecule has 0 unspecified atom stereocenters. The lowest BCUT2D eigenvalue weighted by molar-refractivity contribution is 0.310. The van der Waals surface area contributed by atoms with Gasteiger partial charge in [-0.25, -0.2) is 9.37 Å². The fourth-order valence-electron chi connectivity index (χ4n) is 1.87. The number of nitrogens with zero attached hydrogens (tertiary/aromatic N) is 3. The molecule has 0 aliphatic carbocycles. The molecule has 2 rings (SSSR count). The SMILES string of the molecule is CN1CCN(c2nccc(CN)c2F)CC1. The Morgan fingerprint density at radius 1 is 1.38 bits per heavy atom. The van der Waals surface area contributed by atoms with E-state index in [1.807, 2.05) is 4.90 Å². The van der Waals surface area contributed by atoms with Gasteiger partial charge in [0.1, 0.15) is 0 Å². The number of pyridine rings is 1. The molecule has 0 amide bonds. The van der Waals surface area contributed by atoms with Crippen molar-refractivity contribution in [3.05, 3.63) is 23.6 Å². The van der Waals surface area contributed by atoms with Crippen molar-refractivity contribution < 1.29 is 4.39 Å². The molecule has 4 nitrogen and oxygen atoms in total. The van der Waals surface area contributed by atoms with Crippen LogP contribution in [-0.4, -0.2) is 43.1 Å². The van der Waals surface area contributed by atoms with Gasteiger partial charge in [-0.1, -0.05) is 0 Å². The van der Waals surface area contributed by atoms with E-state index in [0.29, 0.717) is 11.4 Å². The third kappa shape index (κ3) is 2.15. The molecule has 16 heavy (non-hydrogen) atoms. The molecule has 88 valence electrons. The number of aromatic nitrogens is 1. The summed E-state index contributed by atoms with van der Waals surface area (Å²) in [4.78, 5) is 8.32. The first-order valence-corrected chi connectivity index (χ1v) is 5.49. The maximum atomic E-state index is 14.0. The second kappa shape index (κ2) is 4.76. The molecular formula is C11H17FN4. The molecule has 0 saturated carbocycles. The summed E-state index contributed by atoms with van der Waals surface area (Å²) in [5.74, 6) is 0.172. The lowest BCUT2D eigenvalue weighted by Gasteiger charge is -2.33. The number of halogens is 1. The standard InChI is InChI=1S/C11H17FN4/c1-15-4-6-16(7-5-15)11-10(12)9(8-13)2-3-14-11/h2-3H,4-8,13H2,1H3. The zero-order chi connectivity index (χ0) is 11.5. The van der Waals surface area contributed by atoms with E-state index in [1.165, 1.54) is 0 Å². The van der Waals surface area contributed by atoms with Gasteiger partial charge in [0, 0.05) is 44.5 Å². The van der Waals surface area contributed by atoms with Crippen LogP contribution in [0.1, 0.15) is 5.56 Å². The summed E-state index contributed by atoms with van der Waals surface area (Å²) in [7, 11) is 2.07. The highest BCUT2D eigenvalue weighted by molar-refractivity contribution is 5.43. The van der Waals surface area contributed by atoms with Crippen LogP contribution < -0.4 is 10.6 Å². The number of hydrogen-bond acceptors (Lipinski definition) is 4. The number of rotatable bonds is 2. The van der Waals surface area contributed by atoms with E-state index in [1.54, 1.807) is 12.3 Å². The van der Waals surface area contributed by atoms with Crippen molar-refractivity contribution in [3.63, 3.8) is 0 Å². The predicted octanol–water partition coefficient (Wildman–Crippen LogP) is 0.431. The largest absolute Gasteiger partial charge is 0.352 e. The predicted molar refractivity (Wildman–Crippen MR) is 61.8 cm³/mol. The maximum absolute atomic E-state index is 14.0. The molecule has 1 aromatic heterocycles. The van der Waals surface area contributed by atoms with Crippen molar-refractivity contribution >= 4 is 5.82 Å². The van der Waals surface area contributed by atoms with Crippen molar-refractivity contribution in [2.24, 2.45) is 5.73 Å². The molecule has 0 atom stereocenters. The van der Waals surface area contributed by atoms with Gasteiger partial charge in [-0.05, 0) is 13.1 Å². The van der Waals surface area contributed by atoms with E-state index in [-0.39, 0.29) is 12.4 Å². The smallest absolute Gasteiger partial charge is 0.170 e. The van der Waals surface area contributed by atoms with Crippen LogP contribution >= 0.6 is 0 Å². The van der Waals surface area contributed by atoms with Gasteiger partial charge in [-0.15, -0.1) is 0 Å². The summed E-state index contributed by atoms with van der Waals surface area (Å²) >= 11 is 0. The Labute approximate surface area is 94.9 Å². The van der Waals surface area contributed by atoms with Crippen molar-refractivity contribution in [1.82, 2.24) is 9.88 Å². The average Bonchev–Trinajstić information content (AvgIpc) is 2.31. The Morgan fingerprint density at radius 3 is 2.69 bits per heavy atom. The summed E-state index contributed by atoms with van der Waals surface area (Å²) in [6, 6.07) is 1.63.